The van der Waals surface area contributed by atoms with Crippen molar-refractivity contribution in [1.29, 1.82) is 0 Å². The lowest BCUT2D eigenvalue weighted by atomic mass is 10.1. The monoisotopic (exact) mass is 503 g/mol. The van der Waals surface area contributed by atoms with Gasteiger partial charge in [0.1, 0.15) is 6.61 Å². The highest BCUT2D eigenvalue weighted by Gasteiger charge is 2.27. The van der Waals surface area contributed by atoms with Crippen molar-refractivity contribution in [3.05, 3.63) is 35.4 Å². The van der Waals surface area contributed by atoms with Crippen LogP contribution in [0.1, 0.15) is 30.9 Å². The van der Waals surface area contributed by atoms with E-state index < -0.39 is 12.8 Å². The van der Waals surface area contributed by atoms with Gasteiger partial charge in [-0.15, -0.1) is 24.0 Å². The molecule has 1 rings (SSSR count). The van der Waals surface area contributed by atoms with Crippen LogP contribution in [0.4, 0.5) is 13.2 Å². The molecule has 1 aromatic rings. The molecule has 0 saturated carbocycles. The summed E-state index contributed by atoms with van der Waals surface area (Å²) in [6, 6.07) is 7.21. The zero-order valence-electron chi connectivity index (χ0n) is 15.8. The summed E-state index contributed by atoms with van der Waals surface area (Å²) in [4.78, 5) is 4.13. The molecule has 0 aliphatic carbocycles. The summed E-state index contributed by atoms with van der Waals surface area (Å²) >= 11 is 0. The Balaban J connectivity index is 0.00000676. The van der Waals surface area contributed by atoms with Crippen molar-refractivity contribution < 1.29 is 22.6 Å². The van der Waals surface area contributed by atoms with Crippen molar-refractivity contribution >= 4 is 29.9 Å². The summed E-state index contributed by atoms with van der Waals surface area (Å²) in [6.45, 7) is 3.43. The molecule has 0 aliphatic heterocycles. The number of unbranched alkanes of at least 4 members (excludes halogenated alkanes) is 1. The maximum absolute atomic E-state index is 12.0. The third kappa shape index (κ3) is 13.7. The van der Waals surface area contributed by atoms with Crippen molar-refractivity contribution in [3.8, 4) is 0 Å². The molecule has 0 atom stereocenters. The van der Waals surface area contributed by atoms with Gasteiger partial charge in [0.25, 0.3) is 0 Å². The van der Waals surface area contributed by atoms with Crippen molar-refractivity contribution in [3.63, 3.8) is 0 Å². The van der Waals surface area contributed by atoms with Crippen LogP contribution in [-0.2, 0) is 22.6 Å². The zero-order valence-corrected chi connectivity index (χ0v) is 18.1. The van der Waals surface area contributed by atoms with Gasteiger partial charge in [-0.2, -0.15) is 13.2 Å². The number of hydrogen-bond donors (Lipinski definition) is 2. The summed E-state index contributed by atoms with van der Waals surface area (Å²) in [6.07, 6.45) is -2.12. The average molecular weight is 503 g/mol. The first kappa shape index (κ1) is 25.9. The number of rotatable bonds is 11. The Kier molecular flexibility index (Phi) is 14.3. The van der Waals surface area contributed by atoms with Crippen LogP contribution in [0.5, 0.6) is 0 Å². The number of benzene rings is 1. The van der Waals surface area contributed by atoms with Crippen LogP contribution in [0.2, 0.25) is 0 Å². The van der Waals surface area contributed by atoms with Gasteiger partial charge in [-0.1, -0.05) is 37.6 Å². The summed E-state index contributed by atoms with van der Waals surface area (Å²) in [7, 11) is 1.69. The second-order valence-electron chi connectivity index (χ2n) is 5.74. The zero-order chi connectivity index (χ0) is 19.3. The summed E-state index contributed by atoms with van der Waals surface area (Å²) in [5, 5.41) is 6.33. The minimum absolute atomic E-state index is 0. The Morgan fingerprint density at radius 1 is 1.04 bits per heavy atom. The van der Waals surface area contributed by atoms with Gasteiger partial charge >= 0.3 is 6.18 Å². The molecule has 0 unspecified atom stereocenters. The van der Waals surface area contributed by atoms with E-state index in [9.17, 15) is 13.2 Å². The van der Waals surface area contributed by atoms with E-state index in [0.717, 1.165) is 25.0 Å². The van der Waals surface area contributed by atoms with Crippen molar-refractivity contribution in [2.24, 2.45) is 4.99 Å². The summed E-state index contributed by atoms with van der Waals surface area (Å²) in [5.74, 6) is 0.668. The predicted molar refractivity (Wildman–Crippen MR) is 111 cm³/mol. The SMILES string of the molecule is CCCCOCCNC(=NC)NCc1ccc(COCC(F)(F)F)cc1.I. The van der Waals surface area contributed by atoms with E-state index in [1.54, 1.807) is 19.2 Å². The van der Waals surface area contributed by atoms with Gasteiger partial charge in [0.15, 0.2) is 5.96 Å². The first-order chi connectivity index (χ1) is 12.4. The molecule has 156 valence electrons. The maximum atomic E-state index is 12.0. The number of nitrogens with zero attached hydrogens (tertiary/aromatic N) is 1. The van der Waals surface area contributed by atoms with E-state index in [4.69, 9.17) is 4.74 Å². The quantitative estimate of drug-likeness (QED) is 0.209. The number of guanidine groups is 1. The van der Waals surface area contributed by atoms with E-state index in [0.29, 0.717) is 31.2 Å². The van der Waals surface area contributed by atoms with Gasteiger partial charge < -0.3 is 20.1 Å². The number of halogens is 4. The third-order valence-corrected chi connectivity index (χ3v) is 3.42. The molecule has 0 fully saturated rings. The molecule has 0 aromatic heterocycles. The molecule has 1 aromatic carbocycles. The first-order valence-corrected chi connectivity index (χ1v) is 8.69. The molecule has 0 saturated heterocycles. The lowest BCUT2D eigenvalue weighted by Crippen LogP contribution is -2.38. The molecular weight excluding hydrogens is 474 g/mol. The van der Waals surface area contributed by atoms with E-state index in [2.05, 4.69) is 27.3 Å². The van der Waals surface area contributed by atoms with Crippen LogP contribution in [0.15, 0.2) is 29.3 Å². The molecule has 0 amide bonds. The van der Waals surface area contributed by atoms with Gasteiger partial charge in [-0.3, -0.25) is 4.99 Å². The van der Waals surface area contributed by atoms with Crippen molar-refractivity contribution in [2.45, 2.75) is 39.1 Å². The predicted octanol–water partition coefficient (Wildman–Crippen LogP) is 3.87. The number of ether oxygens (including phenoxy) is 2. The van der Waals surface area contributed by atoms with Crippen LogP contribution in [0.25, 0.3) is 0 Å². The second kappa shape index (κ2) is 14.9. The molecular formula is C18H29F3IN3O2. The Morgan fingerprint density at radius 2 is 1.70 bits per heavy atom. The standard InChI is InChI=1S/C18H28F3N3O2.HI/c1-3-4-10-25-11-9-23-17(22-2)24-12-15-5-7-16(8-6-15)13-26-14-18(19,20)21;/h5-8H,3-4,9-14H2,1-2H3,(H2,22,23,24);1H. The Bertz CT molecular complexity index is 526. The van der Waals surface area contributed by atoms with Gasteiger partial charge in [-0.25, -0.2) is 0 Å². The number of aliphatic imine (C=N–C) groups is 1. The molecule has 0 aliphatic rings. The lowest BCUT2D eigenvalue weighted by molar-refractivity contribution is -0.176. The Hall–Kier alpha value is -1.07. The molecule has 0 bridgehead atoms. The number of nitrogens with one attached hydrogen (secondary N) is 2. The van der Waals surface area contributed by atoms with Crippen molar-refractivity contribution in [2.75, 3.05) is 33.4 Å². The van der Waals surface area contributed by atoms with Gasteiger partial charge in [0.2, 0.25) is 0 Å². The largest absolute Gasteiger partial charge is 0.411 e. The van der Waals surface area contributed by atoms with Crippen LogP contribution >= 0.6 is 24.0 Å². The molecule has 27 heavy (non-hydrogen) atoms. The van der Waals surface area contributed by atoms with E-state index in [1.165, 1.54) is 0 Å². The minimum atomic E-state index is -4.30. The van der Waals surface area contributed by atoms with E-state index in [-0.39, 0.29) is 30.6 Å². The van der Waals surface area contributed by atoms with Crippen LogP contribution in [0.3, 0.4) is 0 Å². The maximum Gasteiger partial charge on any atom is 0.411 e. The molecule has 2 N–H and O–H groups in total. The highest BCUT2D eigenvalue weighted by molar-refractivity contribution is 14.0. The van der Waals surface area contributed by atoms with Crippen LogP contribution < -0.4 is 10.6 Å². The number of hydrogen-bond acceptors (Lipinski definition) is 3. The second-order valence-corrected chi connectivity index (χ2v) is 5.74. The first-order valence-electron chi connectivity index (χ1n) is 8.69. The molecule has 0 radical (unpaired) electrons. The van der Waals surface area contributed by atoms with Crippen LogP contribution in [0, 0.1) is 0 Å². The fourth-order valence-corrected chi connectivity index (χ4v) is 2.03. The van der Waals surface area contributed by atoms with Crippen molar-refractivity contribution in [1.82, 2.24) is 10.6 Å². The molecule has 0 heterocycles. The fraction of sp³-hybridized carbons (Fsp3) is 0.611. The Labute approximate surface area is 176 Å². The molecule has 9 heteroatoms. The van der Waals surface area contributed by atoms with Gasteiger partial charge in [-0.05, 0) is 17.5 Å². The lowest BCUT2D eigenvalue weighted by Gasteiger charge is -2.12. The van der Waals surface area contributed by atoms with E-state index in [1.807, 2.05) is 12.1 Å². The highest BCUT2D eigenvalue weighted by atomic mass is 127. The summed E-state index contributed by atoms with van der Waals surface area (Å²) in [5.41, 5.74) is 1.69. The normalized spacial score (nSPS) is 11.8. The topological polar surface area (TPSA) is 54.9 Å². The number of alkyl halides is 3. The summed E-state index contributed by atoms with van der Waals surface area (Å²) < 4.78 is 46.2. The molecule has 0 spiro atoms. The smallest absolute Gasteiger partial charge is 0.380 e. The van der Waals surface area contributed by atoms with E-state index >= 15 is 0 Å². The van der Waals surface area contributed by atoms with Gasteiger partial charge in [0.05, 0.1) is 13.2 Å². The fourth-order valence-electron chi connectivity index (χ4n) is 2.03. The highest BCUT2D eigenvalue weighted by Crippen LogP contribution is 2.15. The molecule has 5 nitrogen and oxygen atoms in total. The van der Waals surface area contributed by atoms with Crippen LogP contribution in [-0.4, -0.2) is 45.5 Å². The third-order valence-electron chi connectivity index (χ3n) is 3.42. The minimum Gasteiger partial charge on any atom is -0.380 e. The average Bonchev–Trinajstić information content (AvgIpc) is 2.60. The van der Waals surface area contributed by atoms with Gasteiger partial charge in [0, 0.05) is 26.7 Å². The Morgan fingerprint density at radius 3 is 2.30 bits per heavy atom.